The number of carbonyl (C=O) groups is 14. The number of esters is 8. The van der Waals surface area contributed by atoms with Crippen LogP contribution in [0.3, 0.4) is 0 Å². The SMILES string of the molecule is C=CC(=O)OCOC(=O)Oc1cc(C(=O)Oc2ccc(OC(=O)c3cc(OC(=O)OCOC(=O)C=C)c(OC(=O)OCOC(=O)C=C)c(OC(=O)OCOC(=O)C=C)c3)c(C)c2C)cc(OC(=O)OCOC(=O)C=C)c1OC(=O)OCOC(=O)C=C. The van der Waals surface area contributed by atoms with Crippen LogP contribution in [0.4, 0.5) is 28.8 Å². The largest absolute Gasteiger partial charge is 0.517 e. The third kappa shape index (κ3) is 22.9. The van der Waals surface area contributed by atoms with Gasteiger partial charge in [-0.2, -0.15) is 0 Å². The van der Waals surface area contributed by atoms with E-state index in [9.17, 15) is 67.1 Å². The van der Waals surface area contributed by atoms with Gasteiger partial charge in [0.05, 0.1) is 11.1 Å². The molecule has 0 spiro atoms. The van der Waals surface area contributed by atoms with Crippen molar-refractivity contribution >= 4 is 84.7 Å². The standard InChI is InChI=1S/C52H42O34/c1-9-37(53)67-21-73-47(61)81-33-17-29(18-34(82-48(62)74-22-68-38(54)10-2)43(33)85-51(65)77-25-71-41(57)13-5)45(59)79-31-15-16-32(28(8)27(31)7)80-46(60)30-19-35(83-49(63)75-23-69-39(55)11-3)44(86-52(66)78-26-72-42(58)14-6)36(20-30)84-50(64)76-24-70-40(56)12-4/h9-20H,1-6,21-26H2,7-8H3. The highest BCUT2D eigenvalue weighted by Crippen LogP contribution is 2.42. The van der Waals surface area contributed by atoms with Crippen LogP contribution in [0.1, 0.15) is 31.8 Å². The van der Waals surface area contributed by atoms with Crippen molar-refractivity contribution in [2.75, 3.05) is 40.8 Å². The van der Waals surface area contributed by atoms with Crippen LogP contribution in [0, 0.1) is 13.8 Å². The summed E-state index contributed by atoms with van der Waals surface area (Å²) < 4.78 is 96.7. The molecule has 0 heterocycles. The molecular weight excluding hydrogens is 1170 g/mol. The van der Waals surface area contributed by atoms with Crippen LogP contribution in [-0.4, -0.2) is 125 Å². The van der Waals surface area contributed by atoms with Gasteiger partial charge < -0.3 is 94.7 Å². The Bertz CT molecular complexity index is 2890. The van der Waals surface area contributed by atoms with E-state index < -0.39 is 171 Å². The fraction of sp³-hybridized carbons (Fsp3) is 0.154. The summed E-state index contributed by atoms with van der Waals surface area (Å²) in [5, 5.41) is 0. The van der Waals surface area contributed by atoms with Crippen LogP contribution in [0.5, 0.6) is 46.0 Å². The van der Waals surface area contributed by atoms with E-state index in [0.29, 0.717) is 60.7 Å². The van der Waals surface area contributed by atoms with Crippen molar-refractivity contribution < 1.29 is 162 Å². The van der Waals surface area contributed by atoms with Crippen LogP contribution < -0.4 is 37.9 Å². The first kappa shape index (κ1) is 67.8. The van der Waals surface area contributed by atoms with Gasteiger partial charge in [0.25, 0.3) is 0 Å². The summed E-state index contributed by atoms with van der Waals surface area (Å²) in [7, 11) is 0. The van der Waals surface area contributed by atoms with Gasteiger partial charge in [-0.05, 0) is 61.4 Å². The molecule has 0 aliphatic rings. The van der Waals surface area contributed by atoms with E-state index in [-0.39, 0.29) is 22.6 Å². The third-order valence-electron chi connectivity index (χ3n) is 9.02. The molecular formula is C52H42O34. The molecule has 0 aliphatic carbocycles. The van der Waals surface area contributed by atoms with E-state index >= 15 is 0 Å². The molecule has 0 bridgehead atoms. The van der Waals surface area contributed by atoms with Gasteiger partial charge in [0.1, 0.15) is 11.5 Å². The zero-order valence-electron chi connectivity index (χ0n) is 44.3. The molecule has 0 unspecified atom stereocenters. The molecule has 0 amide bonds. The Morgan fingerprint density at radius 3 is 0.686 bits per heavy atom. The van der Waals surface area contributed by atoms with Crippen molar-refractivity contribution in [2.45, 2.75) is 13.8 Å². The fourth-order valence-electron chi connectivity index (χ4n) is 5.07. The maximum Gasteiger partial charge on any atom is 0.517 e. The maximum absolute atomic E-state index is 14.0. The van der Waals surface area contributed by atoms with E-state index in [1.165, 1.54) is 13.8 Å². The number of rotatable bonds is 28. The van der Waals surface area contributed by atoms with Gasteiger partial charge in [-0.1, -0.05) is 39.5 Å². The minimum absolute atomic E-state index is 0.0145. The molecule has 0 atom stereocenters. The van der Waals surface area contributed by atoms with Gasteiger partial charge in [-0.25, -0.2) is 67.1 Å². The van der Waals surface area contributed by atoms with Crippen molar-refractivity contribution in [1.82, 2.24) is 0 Å². The summed E-state index contributed by atoms with van der Waals surface area (Å²) >= 11 is 0. The lowest BCUT2D eigenvalue weighted by Gasteiger charge is -2.17. The van der Waals surface area contributed by atoms with Gasteiger partial charge in [0.15, 0.2) is 23.0 Å². The van der Waals surface area contributed by atoms with Crippen molar-refractivity contribution in [2.24, 2.45) is 0 Å². The second-order valence-electron chi connectivity index (χ2n) is 14.4. The fourth-order valence-corrected chi connectivity index (χ4v) is 5.07. The second kappa shape index (κ2) is 34.6. The summed E-state index contributed by atoms with van der Waals surface area (Å²) in [5.41, 5.74) is -1.42. The van der Waals surface area contributed by atoms with Crippen LogP contribution in [0.15, 0.2) is 112 Å². The third-order valence-corrected chi connectivity index (χ3v) is 9.02. The minimum Gasteiger partial charge on any atom is -0.425 e. The van der Waals surface area contributed by atoms with Crippen LogP contribution in [0.2, 0.25) is 0 Å². The maximum atomic E-state index is 14.0. The average molecular weight is 1210 g/mol. The number of hydrogen-bond donors (Lipinski definition) is 0. The Labute approximate surface area is 480 Å². The quantitative estimate of drug-likeness (QED) is 0.0202. The first-order valence-electron chi connectivity index (χ1n) is 22.7. The number of ether oxygens (including phenoxy) is 20. The smallest absolute Gasteiger partial charge is 0.425 e. The van der Waals surface area contributed by atoms with E-state index in [4.69, 9.17) is 37.9 Å². The average Bonchev–Trinajstić information content (AvgIpc) is 1.42. The molecule has 454 valence electrons. The van der Waals surface area contributed by atoms with Crippen LogP contribution >= 0.6 is 0 Å². The van der Waals surface area contributed by atoms with E-state index in [2.05, 4.69) is 96.3 Å². The summed E-state index contributed by atoms with van der Waals surface area (Å²) in [5.74, 6) is -16.1. The van der Waals surface area contributed by atoms with Gasteiger partial charge in [0, 0.05) is 36.5 Å². The second-order valence-corrected chi connectivity index (χ2v) is 14.4. The molecule has 3 aromatic carbocycles. The predicted molar refractivity (Wildman–Crippen MR) is 268 cm³/mol. The molecule has 0 aromatic heterocycles. The molecule has 34 nitrogen and oxygen atoms in total. The predicted octanol–water partition coefficient (Wildman–Crippen LogP) is 5.95. The van der Waals surface area contributed by atoms with E-state index in [1.807, 2.05) is 0 Å². The van der Waals surface area contributed by atoms with Crippen LogP contribution in [0.25, 0.3) is 0 Å². The zero-order valence-corrected chi connectivity index (χ0v) is 44.3. The Balaban J connectivity index is 2.13. The van der Waals surface area contributed by atoms with Crippen LogP contribution in [-0.2, 0) is 85.6 Å². The van der Waals surface area contributed by atoms with Gasteiger partial charge >= 0.3 is 84.7 Å². The Kier molecular flexibility index (Phi) is 27.2. The Hall–Kier alpha value is -12.5. The Morgan fingerprint density at radius 2 is 0.488 bits per heavy atom. The van der Waals surface area contributed by atoms with Gasteiger partial charge in [-0.3, -0.25) is 0 Å². The molecule has 0 saturated carbocycles. The number of hydrogen-bond acceptors (Lipinski definition) is 34. The summed E-state index contributed by atoms with van der Waals surface area (Å²) in [6.45, 7) is 15.0. The topological polar surface area (TPSA) is 424 Å². The first-order valence-corrected chi connectivity index (χ1v) is 22.7. The number of benzene rings is 3. The van der Waals surface area contributed by atoms with Crippen molar-refractivity contribution in [1.29, 1.82) is 0 Å². The lowest BCUT2D eigenvalue weighted by atomic mass is 10.1. The number of carbonyl (C=O) groups excluding carboxylic acids is 14. The van der Waals surface area contributed by atoms with Crippen molar-refractivity contribution in [3.05, 3.63) is 135 Å². The molecule has 34 heteroatoms. The molecule has 3 rings (SSSR count). The highest BCUT2D eigenvalue weighted by atomic mass is 16.8. The summed E-state index contributed by atoms with van der Waals surface area (Å²) in [6.07, 6.45) is -6.26. The molecule has 0 N–H and O–H groups in total. The van der Waals surface area contributed by atoms with E-state index in [0.717, 1.165) is 12.1 Å². The molecule has 0 fully saturated rings. The normalized spacial score (nSPS) is 9.79. The lowest BCUT2D eigenvalue weighted by Crippen LogP contribution is -2.20. The Morgan fingerprint density at radius 1 is 0.291 bits per heavy atom. The van der Waals surface area contributed by atoms with Crippen molar-refractivity contribution in [3.8, 4) is 46.0 Å². The molecule has 0 saturated heterocycles. The molecule has 86 heavy (non-hydrogen) atoms. The van der Waals surface area contributed by atoms with Crippen molar-refractivity contribution in [3.63, 3.8) is 0 Å². The highest BCUT2D eigenvalue weighted by Gasteiger charge is 2.30. The molecule has 3 aromatic rings. The lowest BCUT2D eigenvalue weighted by molar-refractivity contribution is -0.147. The van der Waals surface area contributed by atoms with Gasteiger partial charge in [0.2, 0.25) is 52.3 Å². The molecule has 0 radical (unpaired) electrons. The molecule has 0 aliphatic heterocycles. The summed E-state index contributed by atoms with van der Waals surface area (Å²) in [6, 6.07) is 4.69. The minimum atomic E-state index is -1.76. The summed E-state index contributed by atoms with van der Waals surface area (Å²) in [4.78, 5) is 174. The first-order chi connectivity index (χ1) is 40.9. The highest BCUT2D eigenvalue weighted by molar-refractivity contribution is 5.95. The van der Waals surface area contributed by atoms with Gasteiger partial charge in [-0.15, -0.1) is 0 Å². The monoisotopic (exact) mass is 1210 g/mol. The zero-order chi connectivity index (χ0) is 63.9. The van der Waals surface area contributed by atoms with E-state index in [1.54, 1.807) is 0 Å².